The maximum atomic E-state index is 12.7. The van der Waals surface area contributed by atoms with E-state index in [1.54, 1.807) is 6.20 Å². The van der Waals surface area contributed by atoms with Gasteiger partial charge in [-0.15, -0.1) is 0 Å². The number of hydrogen-bond acceptors (Lipinski definition) is 6. The number of pyridine rings is 1. The molecule has 2 aliphatic rings. The van der Waals surface area contributed by atoms with Crippen LogP contribution in [0.4, 0.5) is 0 Å². The van der Waals surface area contributed by atoms with Crippen molar-refractivity contribution in [1.29, 1.82) is 0 Å². The predicted molar refractivity (Wildman–Crippen MR) is 114 cm³/mol. The Hall–Kier alpha value is -1.13. The zero-order chi connectivity index (χ0) is 19.7. The molecule has 1 aliphatic heterocycles. The zero-order valence-electron chi connectivity index (χ0n) is 17.0. The molecule has 1 aliphatic carbocycles. The molecule has 5 rings (SSSR count). The van der Waals surface area contributed by atoms with Crippen molar-refractivity contribution in [3.05, 3.63) is 48.3 Å². The van der Waals surface area contributed by atoms with Crippen LogP contribution in [0.15, 0.2) is 47.8 Å². The third kappa shape index (κ3) is 4.85. The van der Waals surface area contributed by atoms with Crippen LogP contribution in [-0.4, -0.2) is 74.7 Å². The molecule has 1 aromatic carbocycles. The Morgan fingerprint density at radius 1 is 1.20 bits per heavy atom. The molecule has 1 saturated carbocycles. The molecule has 1 saturated heterocycles. The summed E-state index contributed by atoms with van der Waals surface area (Å²) in [4.78, 5) is 11.9. The van der Waals surface area contributed by atoms with E-state index in [9.17, 15) is 4.55 Å². The van der Waals surface area contributed by atoms with E-state index < -0.39 is 11.2 Å². The third-order valence-electron chi connectivity index (χ3n) is 5.42. The van der Waals surface area contributed by atoms with E-state index >= 15 is 0 Å². The summed E-state index contributed by atoms with van der Waals surface area (Å²) in [5, 5.41) is 0.459. The van der Waals surface area contributed by atoms with Crippen LogP contribution in [0.25, 0.3) is 11.0 Å². The van der Waals surface area contributed by atoms with Crippen molar-refractivity contribution in [3.8, 4) is 5.75 Å². The molecule has 0 bridgehead atoms. The van der Waals surface area contributed by atoms with Crippen LogP contribution < -0.4 is 4.74 Å². The number of rotatable bonds is 6. The Morgan fingerprint density at radius 3 is 2.73 bits per heavy atom. The van der Waals surface area contributed by atoms with Crippen molar-refractivity contribution in [1.82, 2.24) is 15.0 Å². The average Bonchev–Trinajstić information content (AvgIpc) is 3.16. The molecule has 30 heavy (non-hydrogen) atoms. The largest absolute Gasteiger partial charge is 0.609 e. The first-order valence-electron chi connectivity index (χ1n) is 9.88. The number of nitrogens with zero attached hydrogens (tertiary/aromatic N) is 2. The second-order valence-corrected chi connectivity index (χ2v) is 8.96. The molecule has 2 fully saturated rings. The van der Waals surface area contributed by atoms with Gasteiger partial charge in [-0.25, -0.2) is 0 Å². The number of benzene rings is 1. The Bertz CT molecular complexity index is 954. The first-order chi connectivity index (χ1) is 14.2. The van der Waals surface area contributed by atoms with E-state index in [1.165, 1.54) is 6.42 Å². The SMILES string of the molecule is [Na].[O-][S+](Cc1cc(OCC2COC3(CCC3)OC2)ccn1)c1nc2ccccc2[nH]1. The van der Waals surface area contributed by atoms with Gasteiger partial charge in [0, 0.05) is 71.8 Å². The number of ether oxygens (including phenoxy) is 3. The van der Waals surface area contributed by atoms with Crippen molar-refractivity contribution in [2.75, 3.05) is 19.8 Å². The molecule has 9 heteroatoms. The summed E-state index contributed by atoms with van der Waals surface area (Å²) in [6, 6.07) is 11.3. The average molecular weight is 436 g/mol. The van der Waals surface area contributed by atoms with Gasteiger partial charge in [0.15, 0.2) is 11.5 Å². The molecule has 1 atom stereocenters. The van der Waals surface area contributed by atoms with Gasteiger partial charge in [-0.2, -0.15) is 4.98 Å². The van der Waals surface area contributed by atoms with Crippen molar-refractivity contribution in [2.24, 2.45) is 5.92 Å². The molecule has 3 heterocycles. The molecule has 1 N–H and O–H groups in total. The van der Waals surface area contributed by atoms with E-state index in [2.05, 4.69) is 15.0 Å². The number of imidazole rings is 1. The van der Waals surface area contributed by atoms with Gasteiger partial charge >= 0.3 is 5.16 Å². The fourth-order valence-electron chi connectivity index (χ4n) is 3.56. The van der Waals surface area contributed by atoms with Crippen LogP contribution >= 0.6 is 0 Å². The van der Waals surface area contributed by atoms with E-state index in [0.717, 1.165) is 23.9 Å². The van der Waals surface area contributed by atoms with Gasteiger partial charge in [-0.3, -0.25) is 9.97 Å². The number of nitrogens with one attached hydrogen (secondary N) is 1. The fraction of sp³-hybridized carbons (Fsp3) is 0.429. The van der Waals surface area contributed by atoms with Crippen LogP contribution in [0.3, 0.4) is 0 Å². The molecule has 2 aromatic heterocycles. The van der Waals surface area contributed by atoms with Crippen LogP contribution in [0, 0.1) is 5.92 Å². The van der Waals surface area contributed by atoms with Gasteiger partial charge in [0.1, 0.15) is 5.75 Å². The molecule has 3 aromatic rings. The standard InChI is InChI=1S/C21H23N3O4S.Na/c25-29(20-23-18-4-1-2-5-19(18)24-20)14-16-10-17(6-9-22-16)26-11-15-12-27-21(28-13-15)7-3-8-21;/h1-2,4-6,9-10,15H,3,7-8,11-14H2,(H,23,24);. The minimum atomic E-state index is -1.31. The fourth-order valence-corrected chi connectivity index (χ4v) is 4.55. The Morgan fingerprint density at radius 2 is 2.00 bits per heavy atom. The summed E-state index contributed by atoms with van der Waals surface area (Å²) in [7, 11) is 0. The van der Waals surface area contributed by atoms with Gasteiger partial charge in [0.05, 0.1) is 36.5 Å². The van der Waals surface area contributed by atoms with Crippen LogP contribution in [0.1, 0.15) is 25.0 Å². The van der Waals surface area contributed by atoms with Gasteiger partial charge < -0.3 is 18.8 Å². The van der Waals surface area contributed by atoms with Gasteiger partial charge in [-0.05, 0) is 24.6 Å². The molecule has 153 valence electrons. The summed E-state index contributed by atoms with van der Waals surface area (Å²) in [6.07, 6.45) is 4.85. The molecule has 7 nitrogen and oxygen atoms in total. The van der Waals surface area contributed by atoms with Crippen molar-refractivity contribution >= 4 is 51.8 Å². The minimum Gasteiger partial charge on any atom is -0.609 e. The summed E-state index contributed by atoms with van der Waals surface area (Å²) < 4.78 is 30.4. The maximum absolute atomic E-state index is 12.7. The molecule has 1 unspecified atom stereocenters. The van der Waals surface area contributed by atoms with E-state index in [-0.39, 0.29) is 47.0 Å². The Kier molecular flexibility index (Phi) is 7.04. The smallest absolute Gasteiger partial charge is 0.322 e. The number of para-hydroxylation sites is 2. The van der Waals surface area contributed by atoms with E-state index in [0.29, 0.717) is 36.4 Å². The maximum Gasteiger partial charge on any atom is 0.322 e. The third-order valence-corrected chi connectivity index (χ3v) is 6.60. The van der Waals surface area contributed by atoms with E-state index in [4.69, 9.17) is 14.2 Å². The first-order valence-corrected chi connectivity index (χ1v) is 11.2. The molecular weight excluding hydrogens is 413 g/mol. The van der Waals surface area contributed by atoms with E-state index in [1.807, 2.05) is 36.4 Å². The van der Waals surface area contributed by atoms with Crippen LogP contribution in [0.2, 0.25) is 0 Å². The molecule has 1 radical (unpaired) electrons. The normalized spacial score (nSPS) is 19.2. The summed E-state index contributed by atoms with van der Waals surface area (Å²) in [5.41, 5.74) is 2.38. The van der Waals surface area contributed by atoms with Crippen molar-refractivity contribution in [3.63, 3.8) is 0 Å². The number of aromatic amines is 1. The quantitative estimate of drug-likeness (QED) is 0.472. The monoisotopic (exact) mass is 436 g/mol. The predicted octanol–water partition coefficient (Wildman–Crippen LogP) is 2.81. The van der Waals surface area contributed by atoms with Gasteiger partial charge in [0.25, 0.3) is 0 Å². The second-order valence-electron chi connectivity index (χ2n) is 7.60. The van der Waals surface area contributed by atoms with Gasteiger partial charge in [0.2, 0.25) is 0 Å². The topological polar surface area (TPSA) is 92.3 Å². The first kappa shape index (κ1) is 22.1. The van der Waals surface area contributed by atoms with Crippen molar-refractivity contribution < 1.29 is 18.8 Å². The van der Waals surface area contributed by atoms with Crippen LogP contribution in [-0.2, 0) is 26.4 Å². The number of hydrogen-bond donors (Lipinski definition) is 1. The Balaban J connectivity index is 0.00000218. The minimum absolute atomic E-state index is 0. The molecular formula is C21H23N3NaO4S. The molecule has 1 spiro atoms. The number of fused-ring (bicyclic) bond motifs is 1. The number of H-pyrrole nitrogens is 1. The van der Waals surface area contributed by atoms with Gasteiger partial charge in [-0.1, -0.05) is 12.1 Å². The summed E-state index contributed by atoms with van der Waals surface area (Å²) in [6.45, 7) is 1.84. The second kappa shape index (κ2) is 9.56. The molecule has 0 amide bonds. The van der Waals surface area contributed by atoms with Crippen LogP contribution in [0.5, 0.6) is 5.75 Å². The zero-order valence-corrected chi connectivity index (χ0v) is 19.8. The van der Waals surface area contributed by atoms with Crippen molar-refractivity contribution in [2.45, 2.75) is 36.0 Å². The number of aromatic nitrogens is 3. The summed E-state index contributed by atoms with van der Waals surface area (Å²) >= 11 is -1.31. The summed E-state index contributed by atoms with van der Waals surface area (Å²) in [5.74, 6) is 0.888. The Labute approximate surface area is 200 Å².